The van der Waals surface area contributed by atoms with E-state index in [2.05, 4.69) is 56.5 Å². The Kier molecular flexibility index (Phi) is 8.64. The number of nitrogens with one attached hydrogen (secondary N) is 1. The van der Waals surface area contributed by atoms with Crippen LogP contribution >= 0.6 is 11.8 Å². The summed E-state index contributed by atoms with van der Waals surface area (Å²) in [5.41, 5.74) is 6.41. The molecule has 0 spiro atoms. The summed E-state index contributed by atoms with van der Waals surface area (Å²) in [4.78, 5) is 12.6. The molecule has 0 bridgehead atoms. The highest BCUT2D eigenvalue weighted by Gasteiger charge is 2.24. The van der Waals surface area contributed by atoms with Crippen LogP contribution in [0.4, 0.5) is 0 Å². The van der Waals surface area contributed by atoms with Crippen molar-refractivity contribution in [1.29, 1.82) is 0 Å². The van der Waals surface area contributed by atoms with Crippen LogP contribution in [0.2, 0.25) is 0 Å². The molecule has 3 aromatic rings. The van der Waals surface area contributed by atoms with Gasteiger partial charge < -0.3 is 9.47 Å². The van der Waals surface area contributed by atoms with Crippen molar-refractivity contribution in [3.05, 3.63) is 53.6 Å². The van der Waals surface area contributed by atoms with Crippen LogP contribution in [0.1, 0.15) is 56.2 Å². The molecule has 1 aromatic heterocycles. The number of nitrogens with zero attached hydrogens (tertiary/aromatic N) is 4. The van der Waals surface area contributed by atoms with Gasteiger partial charge in [-0.15, -0.1) is 10.2 Å². The van der Waals surface area contributed by atoms with Gasteiger partial charge in [-0.3, -0.25) is 9.36 Å². The maximum absolute atomic E-state index is 12.6. The predicted octanol–water partition coefficient (Wildman–Crippen LogP) is 5.41. The van der Waals surface area contributed by atoms with Crippen LogP contribution in [0, 0.1) is 6.92 Å². The van der Waals surface area contributed by atoms with Crippen molar-refractivity contribution in [3.63, 3.8) is 0 Å². The summed E-state index contributed by atoms with van der Waals surface area (Å²) in [5.74, 6) is 2.11. The third kappa shape index (κ3) is 6.07. The maximum atomic E-state index is 12.6. The first-order chi connectivity index (χ1) is 17.5. The van der Waals surface area contributed by atoms with Crippen LogP contribution in [0.5, 0.6) is 11.5 Å². The molecule has 0 unspecified atom stereocenters. The van der Waals surface area contributed by atoms with Crippen LogP contribution in [0.25, 0.3) is 11.4 Å². The molecule has 1 heterocycles. The molecule has 0 saturated heterocycles. The molecule has 1 saturated carbocycles. The molecule has 8 nitrogen and oxygen atoms in total. The minimum Gasteiger partial charge on any atom is -0.493 e. The van der Waals surface area contributed by atoms with Gasteiger partial charge in [-0.25, -0.2) is 5.43 Å². The van der Waals surface area contributed by atoms with Crippen LogP contribution in [0.3, 0.4) is 0 Å². The molecule has 1 fully saturated rings. The number of hydrogen-bond donors (Lipinski definition) is 1. The zero-order chi connectivity index (χ0) is 25.5. The van der Waals surface area contributed by atoms with E-state index in [1.54, 1.807) is 14.2 Å². The largest absolute Gasteiger partial charge is 0.493 e. The number of rotatable bonds is 9. The molecule has 1 aliphatic rings. The molecule has 4 rings (SSSR count). The Morgan fingerprint density at radius 2 is 1.78 bits per heavy atom. The van der Waals surface area contributed by atoms with Gasteiger partial charge in [0.15, 0.2) is 22.5 Å². The quantitative estimate of drug-likeness (QED) is 0.237. The normalized spacial score (nSPS) is 14.5. The number of carbonyl (C=O) groups is 1. The first-order valence-corrected chi connectivity index (χ1v) is 13.2. The van der Waals surface area contributed by atoms with Gasteiger partial charge in [0.1, 0.15) is 0 Å². The van der Waals surface area contributed by atoms with E-state index in [9.17, 15) is 4.79 Å². The molecule has 1 N–H and O–H groups in total. The van der Waals surface area contributed by atoms with Crippen molar-refractivity contribution in [2.45, 2.75) is 57.1 Å². The fraction of sp³-hybridized carbons (Fsp3) is 0.407. The Labute approximate surface area is 216 Å². The topological polar surface area (TPSA) is 90.6 Å². The van der Waals surface area contributed by atoms with E-state index in [0.717, 1.165) is 34.9 Å². The van der Waals surface area contributed by atoms with E-state index in [4.69, 9.17) is 9.47 Å². The highest BCUT2D eigenvalue weighted by molar-refractivity contribution is 7.99. The maximum Gasteiger partial charge on any atom is 0.250 e. The van der Waals surface area contributed by atoms with Crippen molar-refractivity contribution < 1.29 is 14.3 Å². The number of benzene rings is 2. The Bertz CT molecular complexity index is 1220. The van der Waals surface area contributed by atoms with E-state index < -0.39 is 0 Å². The molecular formula is C27H33N5O3S. The summed E-state index contributed by atoms with van der Waals surface area (Å²) < 4.78 is 12.9. The van der Waals surface area contributed by atoms with Gasteiger partial charge in [0, 0.05) is 17.2 Å². The summed E-state index contributed by atoms with van der Waals surface area (Å²) in [6, 6.07) is 14.2. The van der Waals surface area contributed by atoms with Gasteiger partial charge in [-0.1, -0.05) is 60.9 Å². The molecule has 9 heteroatoms. The van der Waals surface area contributed by atoms with Gasteiger partial charge in [-0.2, -0.15) is 5.10 Å². The van der Waals surface area contributed by atoms with Crippen molar-refractivity contribution >= 4 is 23.4 Å². The fourth-order valence-corrected chi connectivity index (χ4v) is 5.18. The highest BCUT2D eigenvalue weighted by Crippen LogP contribution is 2.35. The Hall–Kier alpha value is -3.33. The van der Waals surface area contributed by atoms with E-state index in [1.165, 1.54) is 36.6 Å². The third-order valence-electron chi connectivity index (χ3n) is 6.40. The van der Waals surface area contributed by atoms with E-state index in [1.807, 2.05) is 25.1 Å². The Morgan fingerprint density at radius 3 is 2.47 bits per heavy atom. The number of aryl methyl sites for hydroxylation is 1. The van der Waals surface area contributed by atoms with Crippen LogP contribution in [-0.2, 0) is 4.79 Å². The molecule has 2 aromatic carbocycles. The van der Waals surface area contributed by atoms with Crippen molar-refractivity contribution in [2.75, 3.05) is 20.0 Å². The fourth-order valence-electron chi connectivity index (χ4n) is 4.38. The van der Waals surface area contributed by atoms with E-state index >= 15 is 0 Å². The molecule has 36 heavy (non-hydrogen) atoms. The Balaban J connectivity index is 1.46. The molecule has 1 amide bonds. The Morgan fingerprint density at radius 1 is 1.06 bits per heavy atom. The van der Waals surface area contributed by atoms with Gasteiger partial charge in [0.2, 0.25) is 0 Å². The number of ether oxygens (including phenoxy) is 2. The highest BCUT2D eigenvalue weighted by atomic mass is 32.2. The second-order valence-corrected chi connectivity index (χ2v) is 9.87. The number of thioether (sulfide) groups is 1. The number of methoxy groups -OCH3 is 2. The molecule has 0 aliphatic heterocycles. The molecule has 0 radical (unpaired) electrons. The lowest BCUT2D eigenvalue weighted by Gasteiger charge is -2.25. The van der Waals surface area contributed by atoms with Crippen molar-refractivity contribution in [3.8, 4) is 22.9 Å². The van der Waals surface area contributed by atoms with Gasteiger partial charge in [0.25, 0.3) is 5.91 Å². The van der Waals surface area contributed by atoms with Crippen molar-refractivity contribution in [1.82, 2.24) is 20.2 Å². The lowest BCUT2D eigenvalue weighted by Crippen LogP contribution is -2.22. The number of hydrogen-bond acceptors (Lipinski definition) is 7. The smallest absolute Gasteiger partial charge is 0.250 e. The van der Waals surface area contributed by atoms with E-state index in [0.29, 0.717) is 23.3 Å². The molecule has 0 atom stereocenters. The average Bonchev–Trinajstić information content (AvgIpc) is 3.35. The summed E-state index contributed by atoms with van der Waals surface area (Å²) in [6.07, 6.45) is 5.87. The first-order valence-electron chi connectivity index (χ1n) is 12.2. The van der Waals surface area contributed by atoms with E-state index in [-0.39, 0.29) is 11.7 Å². The summed E-state index contributed by atoms with van der Waals surface area (Å²) in [6.45, 7) is 3.91. The number of hydrazone groups is 1. The minimum absolute atomic E-state index is 0.196. The molecule has 190 valence electrons. The lowest BCUT2D eigenvalue weighted by molar-refractivity contribution is -0.118. The first kappa shape index (κ1) is 25.8. The summed E-state index contributed by atoms with van der Waals surface area (Å²) >= 11 is 1.40. The number of aromatic nitrogens is 3. The summed E-state index contributed by atoms with van der Waals surface area (Å²) in [5, 5.41) is 14.0. The zero-order valence-electron chi connectivity index (χ0n) is 21.3. The third-order valence-corrected chi connectivity index (χ3v) is 7.34. The van der Waals surface area contributed by atoms with Gasteiger partial charge in [-0.05, 0) is 44.9 Å². The second-order valence-electron chi connectivity index (χ2n) is 8.92. The number of amides is 1. The summed E-state index contributed by atoms with van der Waals surface area (Å²) in [7, 11) is 3.18. The predicted molar refractivity (Wildman–Crippen MR) is 143 cm³/mol. The molecular weight excluding hydrogens is 474 g/mol. The lowest BCUT2D eigenvalue weighted by atomic mass is 9.95. The van der Waals surface area contributed by atoms with Gasteiger partial charge in [0.05, 0.1) is 25.7 Å². The average molecular weight is 508 g/mol. The van der Waals surface area contributed by atoms with Gasteiger partial charge >= 0.3 is 0 Å². The second kappa shape index (κ2) is 12.1. The van der Waals surface area contributed by atoms with Crippen LogP contribution < -0.4 is 14.9 Å². The molecule has 1 aliphatic carbocycles. The minimum atomic E-state index is -0.199. The zero-order valence-corrected chi connectivity index (χ0v) is 22.1. The number of carbonyl (C=O) groups excluding carboxylic acids is 1. The van der Waals surface area contributed by atoms with Crippen LogP contribution in [-0.4, -0.2) is 46.4 Å². The van der Waals surface area contributed by atoms with Crippen molar-refractivity contribution in [2.24, 2.45) is 5.10 Å². The monoisotopic (exact) mass is 507 g/mol. The standard InChI is InChI=1S/C27H33N5O3S/c1-18-10-12-20(13-11-18)26-30-31-27(32(26)22-8-6-5-7-9-22)36-17-25(33)29-28-19(2)21-14-15-23(34-3)24(16-21)35-4/h10-16,22H,5-9,17H2,1-4H3,(H,29,33)/b28-19-. The SMILES string of the molecule is COc1ccc(/C(C)=N\NC(=O)CSc2nnc(-c3ccc(C)cc3)n2C2CCCCC2)cc1OC. The van der Waals surface area contributed by atoms with Crippen LogP contribution in [0.15, 0.2) is 52.7 Å².